The number of likely N-dealkylation sites (tertiary alicyclic amines) is 1. The number of nitrogens with one attached hydrogen (secondary N) is 1. The van der Waals surface area contributed by atoms with Gasteiger partial charge in [0.1, 0.15) is 18.1 Å². The summed E-state index contributed by atoms with van der Waals surface area (Å²) < 4.78 is 5.76. The molecule has 3 heterocycles. The second kappa shape index (κ2) is 6.91. The SMILES string of the molecule is O=C1NC(=O)[C@H]2CC=C3[C@@H](C[C@@]4(Cl)C(=O)N(CBr)C(=O)[C@@]4(Cl)[C@H]3c3ccc(CO)o3)[C@@H]12. The van der Waals surface area contributed by atoms with Crippen molar-refractivity contribution in [3.8, 4) is 0 Å². The van der Waals surface area contributed by atoms with Crippen LogP contribution in [0.15, 0.2) is 28.2 Å². The van der Waals surface area contributed by atoms with Crippen molar-refractivity contribution in [3.63, 3.8) is 0 Å². The van der Waals surface area contributed by atoms with Crippen LogP contribution < -0.4 is 5.32 Å². The number of aliphatic hydroxyl groups is 1. The number of allylic oxidation sites excluding steroid dienone is 2. The average molecular weight is 532 g/mol. The molecule has 2 N–H and O–H groups in total. The third-order valence-electron chi connectivity index (χ3n) is 6.98. The number of aliphatic hydroxyl groups excluding tert-OH is 1. The van der Waals surface area contributed by atoms with Crippen LogP contribution in [0.5, 0.6) is 0 Å². The van der Waals surface area contributed by atoms with E-state index in [9.17, 15) is 24.3 Å². The average Bonchev–Trinajstić information content (AvgIpc) is 3.36. The third kappa shape index (κ3) is 2.52. The Hall–Kier alpha value is -1.68. The molecule has 2 saturated heterocycles. The molecule has 11 heteroatoms. The summed E-state index contributed by atoms with van der Waals surface area (Å²) in [4.78, 5) is 48.8. The lowest BCUT2D eigenvalue weighted by molar-refractivity contribution is -0.138. The summed E-state index contributed by atoms with van der Waals surface area (Å²) in [6.07, 6.45) is 2.04. The van der Waals surface area contributed by atoms with Gasteiger partial charge >= 0.3 is 0 Å². The molecule has 8 nitrogen and oxygen atoms in total. The number of hydrogen-bond donors (Lipinski definition) is 2. The second-order valence-electron chi connectivity index (χ2n) is 8.30. The molecular formula is C20H17BrCl2N2O6. The van der Waals surface area contributed by atoms with Gasteiger partial charge in [-0.1, -0.05) is 27.6 Å². The van der Waals surface area contributed by atoms with Crippen LogP contribution in [0.1, 0.15) is 30.3 Å². The van der Waals surface area contributed by atoms with E-state index in [0.29, 0.717) is 12.0 Å². The van der Waals surface area contributed by atoms with E-state index in [1.54, 1.807) is 12.1 Å². The molecule has 2 aliphatic heterocycles. The monoisotopic (exact) mass is 530 g/mol. The maximum atomic E-state index is 13.4. The maximum absolute atomic E-state index is 13.4. The van der Waals surface area contributed by atoms with Gasteiger partial charge in [-0.25, -0.2) is 0 Å². The van der Waals surface area contributed by atoms with Gasteiger partial charge in [-0.2, -0.15) is 0 Å². The topological polar surface area (TPSA) is 117 Å². The van der Waals surface area contributed by atoms with E-state index < -0.39 is 51.1 Å². The van der Waals surface area contributed by atoms with E-state index in [2.05, 4.69) is 21.2 Å². The molecule has 2 aliphatic carbocycles. The van der Waals surface area contributed by atoms with E-state index in [-0.39, 0.29) is 35.9 Å². The van der Waals surface area contributed by atoms with E-state index in [1.165, 1.54) is 0 Å². The maximum Gasteiger partial charge on any atom is 0.254 e. The first-order valence-corrected chi connectivity index (χ1v) is 11.6. The molecule has 0 unspecified atom stereocenters. The molecule has 6 atom stereocenters. The van der Waals surface area contributed by atoms with Crippen LogP contribution in [-0.2, 0) is 25.8 Å². The zero-order chi connectivity index (χ0) is 22.3. The first kappa shape index (κ1) is 21.2. The van der Waals surface area contributed by atoms with Gasteiger partial charge in [0.25, 0.3) is 11.8 Å². The largest absolute Gasteiger partial charge is 0.463 e. The summed E-state index contributed by atoms with van der Waals surface area (Å²) in [6.45, 7) is -0.363. The number of amides is 4. The Labute approximate surface area is 195 Å². The van der Waals surface area contributed by atoms with Crippen molar-refractivity contribution in [3.05, 3.63) is 35.3 Å². The fourth-order valence-electron chi connectivity index (χ4n) is 5.61. The zero-order valence-electron chi connectivity index (χ0n) is 15.9. The number of nitrogens with zero attached hydrogens (tertiary/aromatic N) is 1. The Morgan fingerprint density at radius 2 is 1.90 bits per heavy atom. The van der Waals surface area contributed by atoms with Crippen molar-refractivity contribution in [1.29, 1.82) is 0 Å². The van der Waals surface area contributed by atoms with Crippen LogP contribution in [0, 0.1) is 17.8 Å². The highest BCUT2D eigenvalue weighted by Crippen LogP contribution is 2.65. The van der Waals surface area contributed by atoms with E-state index in [4.69, 9.17) is 27.6 Å². The first-order chi connectivity index (χ1) is 14.7. The smallest absolute Gasteiger partial charge is 0.254 e. The predicted octanol–water partition coefficient (Wildman–Crippen LogP) is 1.77. The normalized spacial score (nSPS) is 39.2. The molecular weight excluding hydrogens is 515 g/mol. The summed E-state index contributed by atoms with van der Waals surface area (Å²) in [6, 6.07) is 3.14. The molecule has 0 bridgehead atoms. The number of furan rings is 1. The van der Waals surface area contributed by atoms with Crippen molar-refractivity contribution in [2.75, 3.05) is 5.45 Å². The molecule has 164 valence electrons. The van der Waals surface area contributed by atoms with Gasteiger partial charge in [-0.15, -0.1) is 23.2 Å². The lowest BCUT2D eigenvalue weighted by atomic mass is 9.57. The number of alkyl halides is 3. The first-order valence-electron chi connectivity index (χ1n) is 9.73. The molecule has 1 saturated carbocycles. The molecule has 0 spiro atoms. The lowest BCUT2D eigenvalue weighted by Crippen LogP contribution is -2.60. The van der Waals surface area contributed by atoms with Gasteiger partial charge in [-0.05, 0) is 30.9 Å². The van der Waals surface area contributed by atoms with Gasteiger partial charge in [0.05, 0.1) is 23.2 Å². The molecule has 0 radical (unpaired) electrons. The number of carbonyl (C=O) groups is 4. The van der Waals surface area contributed by atoms with Crippen LogP contribution in [0.2, 0.25) is 0 Å². The van der Waals surface area contributed by atoms with Crippen LogP contribution >= 0.6 is 39.1 Å². The van der Waals surface area contributed by atoms with Gasteiger partial charge in [0.2, 0.25) is 11.8 Å². The Morgan fingerprint density at radius 3 is 2.55 bits per heavy atom. The van der Waals surface area contributed by atoms with Crippen LogP contribution in [0.25, 0.3) is 0 Å². The van der Waals surface area contributed by atoms with Crippen LogP contribution in [0.3, 0.4) is 0 Å². The standard InChI is InChI=1S/C20H17BrCl2N2O6/c21-7-25-17(29)19(22)5-11-9(2-3-10-13(11)16(28)24-15(10)27)14(20(19,23)18(25)30)12-4-1-8(6-26)31-12/h1-2,4,10-11,13-14,26H,3,5-7H2,(H,24,27,28)/t10-,11+,13-,14+,19+,20-/m0/s1. The Bertz CT molecular complexity index is 1070. The number of hydrogen-bond acceptors (Lipinski definition) is 6. The quantitative estimate of drug-likeness (QED) is 0.266. The van der Waals surface area contributed by atoms with Crippen molar-refractivity contribution < 1.29 is 28.7 Å². The van der Waals surface area contributed by atoms with E-state index in [1.807, 2.05) is 6.08 Å². The molecule has 1 aromatic rings. The molecule has 0 aromatic carbocycles. The summed E-state index contributed by atoms with van der Waals surface area (Å²) in [5.74, 6) is -4.36. The van der Waals surface area contributed by atoms with Crippen LogP contribution in [-0.4, -0.2) is 48.8 Å². The van der Waals surface area contributed by atoms with Gasteiger partial charge < -0.3 is 9.52 Å². The number of fused-ring (bicyclic) bond motifs is 4. The summed E-state index contributed by atoms with van der Waals surface area (Å²) in [5.41, 5.74) is 0.559. The van der Waals surface area contributed by atoms with E-state index in [0.717, 1.165) is 4.90 Å². The number of halogens is 3. The number of rotatable bonds is 3. The molecule has 3 fully saturated rings. The fraction of sp³-hybridized carbons (Fsp3) is 0.500. The van der Waals surface area contributed by atoms with Gasteiger partial charge in [0, 0.05) is 0 Å². The minimum Gasteiger partial charge on any atom is -0.463 e. The number of imide groups is 2. The Kier molecular flexibility index (Phi) is 4.72. The minimum absolute atomic E-state index is 0.0656. The van der Waals surface area contributed by atoms with Crippen LogP contribution in [0.4, 0.5) is 0 Å². The Morgan fingerprint density at radius 1 is 1.16 bits per heavy atom. The van der Waals surface area contributed by atoms with Gasteiger partial charge in [-0.3, -0.25) is 29.4 Å². The minimum atomic E-state index is -1.89. The lowest BCUT2D eigenvalue weighted by Gasteiger charge is -2.49. The highest BCUT2D eigenvalue weighted by atomic mass is 79.9. The molecule has 4 amide bonds. The van der Waals surface area contributed by atoms with E-state index >= 15 is 0 Å². The Balaban J connectivity index is 1.74. The van der Waals surface area contributed by atoms with Crippen molar-refractivity contribution >= 4 is 62.8 Å². The summed E-state index contributed by atoms with van der Waals surface area (Å²) in [5, 5.41) is 11.8. The molecule has 31 heavy (non-hydrogen) atoms. The van der Waals surface area contributed by atoms with Gasteiger partial charge in [0.15, 0.2) is 9.75 Å². The highest BCUT2D eigenvalue weighted by Gasteiger charge is 2.76. The van der Waals surface area contributed by atoms with Crippen molar-refractivity contribution in [2.24, 2.45) is 17.8 Å². The third-order valence-corrected chi connectivity index (χ3v) is 8.90. The summed E-state index contributed by atoms with van der Waals surface area (Å²) in [7, 11) is 0. The number of carbonyl (C=O) groups excluding carboxylic acids is 4. The molecule has 1 aromatic heterocycles. The highest BCUT2D eigenvalue weighted by molar-refractivity contribution is 9.09. The molecule has 5 rings (SSSR count). The predicted molar refractivity (Wildman–Crippen MR) is 111 cm³/mol. The molecule has 4 aliphatic rings. The zero-order valence-corrected chi connectivity index (χ0v) is 19.0. The fourth-order valence-corrected chi connectivity index (χ4v) is 7.02. The van der Waals surface area contributed by atoms with Crippen molar-refractivity contribution in [1.82, 2.24) is 10.2 Å². The van der Waals surface area contributed by atoms with Crippen molar-refractivity contribution in [2.45, 2.75) is 35.1 Å². The second-order valence-corrected chi connectivity index (χ2v) is 10.0. The summed E-state index contributed by atoms with van der Waals surface area (Å²) >= 11 is 17.1.